The van der Waals surface area contributed by atoms with E-state index in [0.29, 0.717) is 58.2 Å². The number of anilines is 1. The highest BCUT2D eigenvalue weighted by atomic mass is 32.2. The van der Waals surface area contributed by atoms with Crippen LogP contribution in [0.25, 0.3) is 0 Å². The van der Waals surface area contributed by atoms with Crippen molar-refractivity contribution in [3.8, 4) is 0 Å². The van der Waals surface area contributed by atoms with Crippen molar-refractivity contribution in [2.45, 2.75) is 30.7 Å². The summed E-state index contributed by atoms with van der Waals surface area (Å²) in [4.78, 5) is 29.1. The van der Waals surface area contributed by atoms with Crippen molar-refractivity contribution in [2.24, 2.45) is 5.92 Å². The number of morpholine rings is 1. The minimum Gasteiger partial charge on any atom is -0.379 e. The second kappa shape index (κ2) is 9.23. The molecule has 1 saturated carbocycles. The lowest BCUT2D eigenvalue weighted by Gasteiger charge is -2.37. The topological polar surface area (TPSA) is 99.3 Å². The first-order valence-corrected chi connectivity index (χ1v) is 12.3. The van der Waals surface area contributed by atoms with Crippen molar-refractivity contribution in [3.63, 3.8) is 0 Å². The number of sulfonamides is 1. The zero-order chi connectivity index (χ0) is 22.0. The first-order valence-electron chi connectivity index (χ1n) is 10.9. The Morgan fingerprint density at radius 2 is 1.74 bits per heavy atom. The summed E-state index contributed by atoms with van der Waals surface area (Å²) in [6.45, 7) is 5.83. The van der Waals surface area contributed by atoms with Crippen molar-refractivity contribution in [3.05, 3.63) is 24.3 Å². The van der Waals surface area contributed by atoms with Gasteiger partial charge in [-0.2, -0.15) is 4.31 Å². The average Bonchev–Trinajstić information content (AvgIpc) is 3.64. The Morgan fingerprint density at radius 1 is 1.06 bits per heavy atom. The molecule has 31 heavy (non-hydrogen) atoms. The van der Waals surface area contributed by atoms with Crippen LogP contribution in [0.4, 0.5) is 5.69 Å². The monoisotopic (exact) mass is 450 g/mol. The fourth-order valence-electron chi connectivity index (χ4n) is 4.00. The Labute approximate surface area is 183 Å². The molecule has 1 N–H and O–H groups in total. The molecule has 0 unspecified atom stereocenters. The summed E-state index contributed by atoms with van der Waals surface area (Å²) in [5.74, 6) is 0.270. The lowest BCUT2D eigenvalue weighted by atomic mass is 10.2. The molecule has 170 valence electrons. The highest BCUT2D eigenvalue weighted by Crippen LogP contribution is 2.31. The highest BCUT2D eigenvalue weighted by Gasteiger charge is 2.35. The highest BCUT2D eigenvalue weighted by molar-refractivity contribution is 7.89. The van der Waals surface area contributed by atoms with Crippen LogP contribution in [-0.2, 0) is 24.3 Å². The fraction of sp³-hybridized carbons (Fsp3) is 0.619. The van der Waals surface area contributed by atoms with Crippen LogP contribution >= 0.6 is 0 Å². The van der Waals surface area contributed by atoms with Gasteiger partial charge in [-0.15, -0.1) is 0 Å². The number of carbonyl (C=O) groups is 2. The molecule has 9 nitrogen and oxygen atoms in total. The third-order valence-corrected chi connectivity index (χ3v) is 8.08. The van der Waals surface area contributed by atoms with Crippen LogP contribution in [0, 0.1) is 5.92 Å². The third kappa shape index (κ3) is 5.08. The summed E-state index contributed by atoms with van der Waals surface area (Å²) < 4.78 is 32.4. The Bertz CT molecular complexity index is 919. The number of nitrogens with zero attached hydrogens (tertiary/aromatic N) is 3. The van der Waals surface area contributed by atoms with E-state index in [1.54, 1.807) is 18.2 Å². The third-order valence-electron chi connectivity index (χ3n) is 6.19. The molecule has 0 spiro atoms. The molecule has 3 fully saturated rings. The lowest BCUT2D eigenvalue weighted by Crippen LogP contribution is -2.54. The maximum atomic E-state index is 12.9. The number of hydrogen-bond acceptors (Lipinski definition) is 6. The largest absolute Gasteiger partial charge is 0.379 e. The molecular weight excluding hydrogens is 420 g/mol. The van der Waals surface area contributed by atoms with Gasteiger partial charge in [0.15, 0.2) is 0 Å². The van der Waals surface area contributed by atoms with Gasteiger partial charge in [-0.25, -0.2) is 8.42 Å². The van der Waals surface area contributed by atoms with E-state index in [2.05, 4.69) is 10.2 Å². The second-order valence-corrected chi connectivity index (χ2v) is 10.3. The average molecular weight is 451 g/mol. The molecule has 2 saturated heterocycles. The molecule has 1 aromatic rings. The Morgan fingerprint density at radius 3 is 2.39 bits per heavy atom. The van der Waals surface area contributed by atoms with Gasteiger partial charge in [0.05, 0.1) is 24.2 Å². The quantitative estimate of drug-likeness (QED) is 0.681. The SMILES string of the molecule is C[C@H](C(=O)Nc1cccc(S(=O)(=O)N2CCOCC2)c1)N1CCN(C(=O)C2CC2)CC1. The van der Waals surface area contributed by atoms with E-state index >= 15 is 0 Å². The molecule has 0 bridgehead atoms. The van der Waals surface area contributed by atoms with Crippen LogP contribution in [0.1, 0.15) is 19.8 Å². The molecule has 4 rings (SSSR count). The van der Waals surface area contributed by atoms with Crippen LogP contribution in [0.2, 0.25) is 0 Å². The molecule has 1 aromatic carbocycles. The van der Waals surface area contributed by atoms with E-state index < -0.39 is 10.0 Å². The smallest absolute Gasteiger partial charge is 0.243 e. The number of amides is 2. The predicted octanol–water partition coefficient (Wildman–Crippen LogP) is 0.589. The van der Waals surface area contributed by atoms with Gasteiger partial charge < -0.3 is 15.0 Å². The first-order chi connectivity index (χ1) is 14.9. The second-order valence-electron chi connectivity index (χ2n) is 8.35. The number of carbonyl (C=O) groups excluding carboxylic acids is 2. The van der Waals surface area contributed by atoms with E-state index in [9.17, 15) is 18.0 Å². The maximum Gasteiger partial charge on any atom is 0.243 e. The van der Waals surface area contributed by atoms with E-state index in [0.717, 1.165) is 12.8 Å². The van der Waals surface area contributed by atoms with Crippen LogP contribution < -0.4 is 5.32 Å². The maximum absolute atomic E-state index is 12.9. The number of benzene rings is 1. The molecule has 2 amide bonds. The van der Waals surface area contributed by atoms with Crippen LogP contribution in [0.15, 0.2) is 29.2 Å². The van der Waals surface area contributed by atoms with Gasteiger partial charge >= 0.3 is 0 Å². The molecule has 0 aromatic heterocycles. The number of ether oxygens (including phenoxy) is 1. The zero-order valence-corrected chi connectivity index (χ0v) is 18.6. The summed E-state index contributed by atoms with van der Waals surface area (Å²) >= 11 is 0. The number of piperazine rings is 1. The van der Waals surface area contributed by atoms with Crippen molar-refractivity contribution in [2.75, 3.05) is 57.8 Å². The van der Waals surface area contributed by atoms with Gasteiger partial charge in [0.25, 0.3) is 0 Å². The van der Waals surface area contributed by atoms with Crippen molar-refractivity contribution >= 4 is 27.5 Å². The minimum absolute atomic E-state index is 0.159. The van der Waals surface area contributed by atoms with Crippen molar-refractivity contribution in [1.82, 2.24) is 14.1 Å². The number of nitrogens with one attached hydrogen (secondary N) is 1. The Hall–Kier alpha value is -2.01. The molecule has 2 heterocycles. The molecule has 0 radical (unpaired) electrons. The minimum atomic E-state index is -3.62. The molecular formula is C21H30N4O5S. The normalized spacial score (nSPS) is 22.2. The molecule has 2 aliphatic heterocycles. The van der Waals surface area contributed by atoms with E-state index in [-0.39, 0.29) is 28.7 Å². The van der Waals surface area contributed by atoms with Gasteiger partial charge in [-0.1, -0.05) is 6.07 Å². The van der Waals surface area contributed by atoms with E-state index in [1.807, 2.05) is 11.8 Å². The van der Waals surface area contributed by atoms with Crippen molar-refractivity contribution in [1.29, 1.82) is 0 Å². The summed E-state index contributed by atoms with van der Waals surface area (Å²) in [6, 6.07) is 5.99. The number of rotatable bonds is 6. The fourth-order valence-corrected chi connectivity index (χ4v) is 5.46. The Balaban J connectivity index is 1.35. The lowest BCUT2D eigenvalue weighted by molar-refractivity contribution is -0.135. The molecule has 3 aliphatic rings. The first kappa shape index (κ1) is 22.2. The van der Waals surface area contributed by atoms with Gasteiger partial charge in [0.1, 0.15) is 0 Å². The standard InChI is InChI=1S/C21H30N4O5S/c1-16(23-7-9-24(10-8-23)21(27)17-5-6-17)20(26)22-18-3-2-4-19(15-18)31(28,29)25-11-13-30-14-12-25/h2-4,15-17H,5-14H2,1H3,(H,22,26)/t16-/m1/s1. The molecule has 1 atom stereocenters. The summed E-state index contributed by atoms with van der Waals surface area (Å²) in [6.07, 6.45) is 2.00. The van der Waals surface area contributed by atoms with Crippen molar-refractivity contribution < 1.29 is 22.7 Å². The van der Waals surface area contributed by atoms with Crippen LogP contribution in [0.3, 0.4) is 0 Å². The van der Waals surface area contributed by atoms with E-state index in [1.165, 1.54) is 10.4 Å². The van der Waals surface area contributed by atoms with Gasteiger partial charge in [-0.05, 0) is 38.0 Å². The Kier molecular flexibility index (Phi) is 6.61. The summed E-state index contributed by atoms with van der Waals surface area (Å²) in [5, 5.41) is 2.85. The summed E-state index contributed by atoms with van der Waals surface area (Å²) in [5.41, 5.74) is 0.453. The predicted molar refractivity (Wildman–Crippen MR) is 115 cm³/mol. The van der Waals surface area contributed by atoms with Crippen LogP contribution in [0.5, 0.6) is 0 Å². The van der Waals surface area contributed by atoms with E-state index in [4.69, 9.17) is 4.74 Å². The molecule has 10 heteroatoms. The number of hydrogen-bond donors (Lipinski definition) is 1. The molecule has 1 aliphatic carbocycles. The van der Waals surface area contributed by atoms with Crippen LogP contribution in [-0.4, -0.2) is 92.9 Å². The van der Waals surface area contributed by atoms with Gasteiger partial charge in [-0.3, -0.25) is 14.5 Å². The van der Waals surface area contributed by atoms with Gasteiger partial charge in [0, 0.05) is 50.9 Å². The summed E-state index contributed by atoms with van der Waals surface area (Å²) in [7, 11) is -3.62. The zero-order valence-electron chi connectivity index (χ0n) is 17.8. The van der Waals surface area contributed by atoms with Gasteiger partial charge in [0.2, 0.25) is 21.8 Å².